The number of aromatic nitrogens is 1. The maximum atomic E-state index is 2.45. The molecule has 0 fully saturated rings. The fourth-order valence-corrected chi connectivity index (χ4v) is 5.79. The summed E-state index contributed by atoms with van der Waals surface area (Å²) in [5, 5.41) is 2.54. The molecule has 0 N–H and O–H groups in total. The van der Waals surface area contributed by atoms with Gasteiger partial charge in [-0.2, -0.15) is 4.57 Å². The van der Waals surface area contributed by atoms with E-state index in [1.807, 2.05) is 11.8 Å². The second-order valence-corrected chi connectivity index (χ2v) is 11.1. The number of fused-ring (bicyclic) bond motifs is 2. The van der Waals surface area contributed by atoms with Gasteiger partial charge in [0, 0.05) is 49.1 Å². The number of pyridine rings is 1. The molecule has 1 aliphatic rings. The Morgan fingerprint density at radius 3 is 2.35 bits per heavy atom. The van der Waals surface area contributed by atoms with Gasteiger partial charge in [0.25, 0.3) is 0 Å². The zero-order valence-corrected chi connectivity index (χ0v) is 21.3. The Balaban J connectivity index is 1.65. The Hall–Kier alpha value is -3.08. The summed E-state index contributed by atoms with van der Waals surface area (Å²) in [6, 6.07) is 30.6. The average molecular weight is 468 g/mol. The van der Waals surface area contributed by atoms with E-state index in [4.69, 9.17) is 0 Å². The van der Waals surface area contributed by atoms with Crippen LogP contribution in [0.5, 0.6) is 0 Å². The number of anilines is 1. The zero-order chi connectivity index (χ0) is 23.7. The van der Waals surface area contributed by atoms with E-state index in [-0.39, 0.29) is 0 Å². The van der Waals surface area contributed by atoms with Gasteiger partial charge in [-0.05, 0) is 29.8 Å². The minimum atomic E-state index is 0.982. The Morgan fingerprint density at radius 1 is 0.882 bits per heavy atom. The van der Waals surface area contributed by atoms with Crippen LogP contribution in [0.2, 0.25) is 0 Å². The predicted molar refractivity (Wildman–Crippen MR) is 145 cm³/mol. The molecular formula is C30H33N3S+2. The van der Waals surface area contributed by atoms with Gasteiger partial charge in [-0.3, -0.25) is 0 Å². The maximum Gasteiger partial charge on any atom is 0.219 e. The monoisotopic (exact) mass is 467 g/mol. The van der Waals surface area contributed by atoms with E-state index in [9.17, 15) is 0 Å². The lowest BCUT2D eigenvalue weighted by Gasteiger charge is -2.23. The molecule has 0 saturated carbocycles. The van der Waals surface area contributed by atoms with Crippen LogP contribution < -0.4 is 9.47 Å². The first-order valence-electron chi connectivity index (χ1n) is 12.0. The van der Waals surface area contributed by atoms with Crippen LogP contribution in [0.15, 0.2) is 94.9 Å². The molecule has 3 aromatic carbocycles. The van der Waals surface area contributed by atoms with Crippen molar-refractivity contribution in [2.24, 2.45) is 0 Å². The predicted octanol–water partition coefficient (Wildman–Crippen LogP) is 6.30. The first-order valence-corrected chi connectivity index (χ1v) is 12.8. The summed E-state index contributed by atoms with van der Waals surface area (Å²) in [5.41, 5.74) is 6.39. The topological polar surface area (TPSA) is 7.12 Å². The number of hydrogen-bond acceptors (Lipinski definition) is 2. The number of hydrogen-bond donors (Lipinski definition) is 0. The lowest BCUT2D eigenvalue weighted by molar-refractivity contribution is -0.870. The number of quaternary nitrogens is 1. The van der Waals surface area contributed by atoms with Crippen LogP contribution in [0.3, 0.4) is 0 Å². The molecule has 0 spiro atoms. The van der Waals surface area contributed by atoms with Crippen molar-refractivity contribution in [3.8, 4) is 5.69 Å². The Kier molecular flexibility index (Phi) is 6.20. The molecule has 1 aromatic heterocycles. The van der Waals surface area contributed by atoms with Crippen LogP contribution in [0, 0.1) is 0 Å². The third kappa shape index (κ3) is 4.61. The van der Waals surface area contributed by atoms with Gasteiger partial charge in [0.05, 0.1) is 43.8 Å². The van der Waals surface area contributed by atoms with Crippen LogP contribution in [-0.4, -0.2) is 39.2 Å². The third-order valence-corrected chi connectivity index (χ3v) is 7.56. The molecule has 0 atom stereocenters. The molecule has 0 saturated heterocycles. The second-order valence-electron chi connectivity index (χ2n) is 10.0. The Bertz CT molecular complexity index is 1350. The van der Waals surface area contributed by atoms with E-state index in [1.54, 1.807) is 0 Å². The number of rotatable bonds is 6. The van der Waals surface area contributed by atoms with Crippen molar-refractivity contribution >= 4 is 34.4 Å². The highest BCUT2D eigenvalue weighted by atomic mass is 32.2. The standard InChI is InChI=1S/C30H33N3S/c1-31-28-18-10-11-19-29(28)34-30(31)22-23-21-25(15-12-20-33(2,3)4)32(24-13-6-5-7-14-24)27-17-9-8-16-26(23)27/h5-11,13-14,16-19,21-22H,12,15,20H2,1-4H3/q+2. The fraction of sp³-hybridized carbons (Fsp3) is 0.233. The number of para-hydroxylation sites is 3. The van der Waals surface area contributed by atoms with Crippen molar-refractivity contribution in [2.75, 3.05) is 39.6 Å². The van der Waals surface area contributed by atoms with Crippen molar-refractivity contribution in [2.45, 2.75) is 17.7 Å². The number of nitrogens with zero attached hydrogens (tertiary/aromatic N) is 3. The first-order chi connectivity index (χ1) is 16.4. The highest BCUT2D eigenvalue weighted by Crippen LogP contribution is 2.45. The highest BCUT2D eigenvalue weighted by molar-refractivity contribution is 8.03. The van der Waals surface area contributed by atoms with Gasteiger partial charge >= 0.3 is 0 Å². The zero-order valence-electron chi connectivity index (χ0n) is 20.5. The number of thioether (sulfide) groups is 1. The molecule has 4 heteroatoms. The highest BCUT2D eigenvalue weighted by Gasteiger charge is 2.25. The molecule has 0 radical (unpaired) electrons. The average Bonchev–Trinajstić information content (AvgIpc) is 3.14. The van der Waals surface area contributed by atoms with E-state index in [0.29, 0.717) is 0 Å². The van der Waals surface area contributed by atoms with Gasteiger partial charge in [0.2, 0.25) is 11.2 Å². The normalized spacial score (nSPS) is 14.7. The molecule has 4 aromatic rings. The summed E-state index contributed by atoms with van der Waals surface area (Å²) in [5.74, 6) is 0. The maximum absolute atomic E-state index is 2.45. The summed E-state index contributed by atoms with van der Waals surface area (Å²) in [4.78, 5) is 3.63. The molecule has 3 nitrogen and oxygen atoms in total. The van der Waals surface area contributed by atoms with Crippen molar-refractivity contribution in [3.05, 3.63) is 101 Å². The molecule has 172 valence electrons. The number of benzene rings is 3. The van der Waals surface area contributed by atoms with Gasteiger partial charge in [-0.1, -0.05) is 54.2 Å². The van der Waals surface area contributed by atoms with E-state index >= 15 is 0 Å². The van der Waals surface area contributed by atoms with E-state index in [2.05, 4.69) is 129 Å². The molecule has 0 aliphatic carbocycles. The van der Waals surface area contributed by atoms with Crippen molar-refractivity contribution in [3.63, 3.8) is 0 Å². The van der Waals surface area contributed by atoms with E-state index in [0.717, 1.165) is 23.9 Å². The molecule has 0 unspecified atom stereocenters. The van der Waals surface area contributed by atoms with Crippen molar-refractivity contribution in [1.82, 2.24) is 0 Å². The molecule has 0 bridgehead atoms. The fourth-order valence-electron chi connectivity index (χ4n) is 4.69. The number of aryl methyl sites for hydroxylation is 1. The van der Waals surface area contributed by atoms with Gasteiger partial charge in [-0.25, -0.2) is 0 Å². The van der Waals surface area contributed by atoms with Crippen LogP contribution in [0.4, 0.5) is 5.69 Å². The summed E-state index contributed by atoms with van der Waals surface area (Å²) in [6.07, 6.45) is 4.55. The van der Waals surface area contributed by atoms with E-state index in [1.165, 1.54) is 43.5 Å². The summed E-state index contributed by atoms with van der Waals surface area (Å²) >= 11 is 1.85. The third-order valence-electron chi connectivity index (χ3n) is 6.39. The molecule has 2 heterocycles. The first kappa shape index (κ1) is 22.7. The van der Waals surface area contributed by atoms with Gasteiger partial charge in [0.1, 0.15) is 0 Å². The van der Waals surface area contributed by atoms with Crippen molar-refractivity contribution < 1.29 is 9.05 Å². The van der Waals surface area contributed by atoms with Crippen LogP contribution in [0.1, 0.15) is 17.7 Å². The van der Waals surface area contributed by atoms with Crippen LogP contribution >= 0.6 is 11.8 Å². The summed E-state index contributed by atoms with van der Waals surface area (Å²) < 4.78 is 3.43. The molecule has 5 rings (SSSR count). The largest absolute Gasteiger partial charge is 0.338 e. The second kappa shape index (κ2) is 9.28. The minimum absolute atomic E-state index is 0.982. The molecule has 34 heavy (non-hydrogen) atoms. The lowest BCUT2D eigenvalue weighted by atomic mass is 10.0. The SMILES string of the molecule is CN1C(=Cc2cc(CCC[N+](C)(C)C)[n+](-c3ccccc3)c3ccccc23)Sc2ccccc21. The summed E-state index contributed by atoms with van der Waals surface area (Å²) in [6.45, 7) is 1.14. The van der Waals surface area contributed by atoms with Crippen molar-refractivity contribution in [1.29, 1.82) is 0 Å². The smallest absolute Gasteiger partial charge is 0.219 e. The van der Waals surface area contributed by atoms with Gasteiger partial charge in [-0.15, -0.1) is 0 Å². The Labute approximate surface area is 207 Å². The molecule has 1 aliphatic heterocycles. The van der Waals surface area contributed by atoms with Gasteiger partial charge < -0.3 is 9.38 Å². The minimum Gasteiger partial charge on any atom is -0.338 e. The van der Waals surface area contributed by atoms with Crippen LogP contribution in [-0.2, 0) is 6.42 Å². The quantitative estimate of drug-likeness (QED) is 0.243. The molecule has 0 amide bonds. The lowest BCUT2D eigenvalue weighted by Crippen LogP contribution is -2.39. The summed E-state index contributed by atoms with van der Waals surface area (Å²) in [7, 11) is 8.98. The molecular weight excluding hydrogens is 434 g/mol. The van der Waals surface area contributed by atoms with E-state index < -0.39 is 0 Å². The van der Waals surface area contributed by atoms with Crippen LogP contribution in [0.25, 0.3) is 22.7 Å². The Morgan fingerprint density at radius 2 is 1.59 bits per heavy atom. The van der Waals surface area contributed by atoms with Gasteiger partial charge in [0.15, 0.2) is 5.69 Å².